The molecule has 38 heavy (non-hydrogen) atoms. The van der Waals surface area contributed by atoms with Gasteiger partial charge in [0.05, 0.1) is 16.5 Å². The predicted molar refractivity (Wildman–Crippen MR) is 137 cm³/mol. The Morgan fingerprint density at radius 3 is 2.71 bits per heavy atom. The SMILES string of the molecule is Cn1c(=O)ccc2cc(CN3CCC(CC4CC4)(C(=O)N4CCc5ncc(C(F)(F)F)cc5C4)C3)ccc21. The molecule has 1 saturated carbocycles. The molecule has 0 bridgehead atoms. The molecule has 1 atom stereocenters. The molecule has 2 fully saturated rings. The van der Waals surface area contributed by atoms with Crippen LogP contribution in [0.3, 0.4) is 0 Å². The average molecular weight is 525 g/mol. The molecule has 1 aliphatic carbocycles. The first-order valence-electron chi connectivity index (χ1n) is 13.3. The highest BCUT2D eigenvalue weighted by molar-refractivity contribution is 5.84. The number of rotatable bonds is 5. The highest BCUT2D eigenvalue weighted by atomic mass is 19.4. The standard InChI is InChI=1S/C29H31F3N4O2/c1-34-25-6-4-20(12-21(25)5-7-26(34)37)16-35-11-9-28(18-35,14-19-2-3-19)27(38)36-10-8-24-22(17-36)13-23(15-33-24)29(30,31)32/h4-7,12-13,15,19H,2-3,8-11,14,16-18H2,1H3. The van der Waals surface area contributed by atoms with E-state index in [1.165, 1.54) is 0 Å². The number of hydrogen-bond donors (Lipinski definition) is 0. The van der Waals surface area contributed by atoms with E-state index >= 15 is 0 Å². The van der Waals surface area contributed by atoms with Crippen molar-refractivity contribution >= 4 is 16.8 Å². The fourth-order valence-corrected chi connectivity index (χ4v) is 6.28. The normalized spacial score (nSPS) is 22.2. The Labute approximate surface area is 219 Å². The molecule has 6 nitrogen and oxygen atoms in total. The quantitative estimate of drug-likeness (QED) is 0.492. The molecule has 0 spiro atoms. The Balaban J connectivity index is 1.21. The van der Waals surface area contributed by atoms with Crippen molar-refractivity contribution in [3.8, 4) is 0 Å². The summed E-state index contributed by atoms with van der Waals surface area (Å²) >= 11 is 0. The second-order valence-electron chi connectivity index (χ2n) is 11.3. The van der Waals surface area contributed by atoms with E-state index in [0.717, 1.165) is 61.0 Å². The summed E-state index contributed by atoms with van der Waals surface area (Å²) in [4.78, 5) is 34.1. The Morgan fingerprint density at radius 2 is 1.95 bits per heavy atom. The van der Waals surface area contributed by atoms with E-state index in [2.05, 4.69) is 16.0 Å². The molecule has 1 aromatic carbocycles. The number of alkyl halides is 3. The molecule has 3 aliphatic rings. The Morgan fingerprint density at radius 1 is 1.13 bits per heavy atom. The number of carbonyl (C=O) groups excluding carboxylic acids is 1. The van der Waals surface area contributed by atoms with E-state index in [4.69, 9.17) is 0 Å². The molecule has 2 aliphatic heterocycles. The van der Waals surface area contributed by atoms with Crippen molar-refractivity contribution in [2.24, 2.45) is 18.4 Å². The lowest BCUT2D eigenvalue weighted by atomic mass is 9.79. The van der Waals surface area contributed by atoms with E-state index < -0.39 is 17.2 Å². The van der Waals surface area contributed by atoms with Crippen molar-refractivity contribution in [3.05, 3.63) is 75.3 Å². The molecule has 1 unspecified atom stereocenters. The number of aryl methyl sites for hydroxylation is 1. The van der Waals surface area contributed by atoms with Gasteiger partial charge in [0.25, 0.3) is 5.56 Å². The fourth-order valence-electron chi connectivity index (χ4n) is 6.28. The number of carbonyl (C=O) groups is 1. The fraction of sp³-hybridized carbons (Fsp3) is 0.483. The van der Waals surface area contributed by atoms with Gasteiger partial charge in [0, 0.05) is 57.6 Å². The Kier molecular flexibility index (Phi) is 6.09. The summed E-state index contributed by atoms with van der Waals surface area (Å²) in [6.07, 6.45) is 0.792. The number of hydrogen-bond acceptors (Lipinski definition) is 4. The summed E-state index contributed by atoms with van der Waals surface area (Å²) in [6.45, 7) is 2.83. The summed E-state index contributed by atoms with van der Waals surface area (Å²) < 4.78 is 41.5. The van der Waals surface area contributed by atoms with Gasteiger partial charge in [-0.3, -0.25) is 19.5 Å². The molecule has 200 valence electrons. The van der Waals surface area contributed by atoms with Crippen LogP contribution in [0, 0.1) is 11.3 Å². The maximum atomic E-state index is 14.0. The monoisotopic (exact) mass is 524 g/mol. The third kappa shape index (κ3) is 4.72. The molecule has 1 saturated heterocycles. The lowest BCUT2D eigenvalue weighted by Crippen LogP contribution is -2.47. The number of likely N-dealkylation sites (tertiary alicyclic amines) is 1. The Bertz CT molecular complexity index is 1460. The van der Waals surface area contributed by atoms with E-state index in [0.29, 0.717) is 43.2 Å². The van der Waals surface area contributed by atoms with Gasteiger partial charge in [-0.25, -0.2) is 0 Å². The van der Waals surface area contributed by atoms with Gasteiger partial charge in [-0.2, -0.15) is 13.2 Å². The van der Waals surface area contributed by atoms with Crippen molar-refractivity contribution in [2.75, 3.05) is 19.6 Å². The molecule has 6 rings (SSSR count). The van der Waals surface area contributed by atoms with Gasteiger partial charge in [-0.05, 0) is 66.1 Å². The second kappa shape index (κ2) is 9.22. The highest BCUT2D eigenvalue weighted by Gasteiger charge is 2.49. The number of halogens is 3. The smallest absolute Gasteiger partial charge is 0.337 e. The average Bonchev–Trinajstić information content (AvgIpc) is 3.62. The summed E-state index contributed by atoms with van der Waals surface area (Å²) in [5, 5.41) is 1.00. The van der Waals surface area contributed by atoms with Crippen LogP contribution >= 0.6 is 0 Å². The van der Waals surface area contributed by atoms with Crippen molar-refractivity contribution in [1.82, 2.24) is 19.4 Å². The van der Waals surface area contributed by atoms with Crippen LogP contribution in [0.15, 0.2) is 47.4 Å². The van der Waals surface area contributed by atoms with Gasteiger partial charge >= 0.3 is 6.18 Å². The first-order chi connectivity index (χ1) is 18.1. The first kappa shape index (κ1) is 25.1. The van der Waals surface area contributed by atoms with Gasteiger partial charge in [-0.1, -0.05) is 18.9 Å². The number of fused-ring (bicyclic) bond motifs is 2. The lowest BCUT2D eigenvalue weighted by molar-refractivity contribution is -0.143. The number of nitrogens with zero attached hydrogens (tertiary/aromatic N) is 4. The van der Waals surface area contributed by atoms with Gasteiger partial charge in [-0.15, -0.1) is 0 Å². The van der Waals surface area contributed by atoms with Crippen LogP contribution in [-0.2, 0) is 37.5 Å². The summed E-state index contributed by atoms with van der Waals surface area (Å²) in [6, 6.07) is 10.7. The zero-order chi connectivity index (χ0) is 26.7. The lowest BCUT2D eigenvalue weighted by Gasteiger charge is -2.37. The van der Waals surface area contributed by atoms with Crippen LogP contribution in [0.4, 0.5) is 13.2 Å². The molecule has 4 heterocycles. The van der Waals surface area contributed by atoms with E-state index in [1.54, 1.807) is 22.6 Å². The molecule has 1 amide bonds. The number of pyridine rings is 2. The second-order valence-corrected chi connectivity index (χ2v) is 11.3. The topological polar surface area (TPSA) is 58.4 Å². The third-order valence-electron chi connectivity index (χ3n) is 8.51. The Hall–Kier alpha value is -3.20. The van der Waals surface area contributed by atoms with Crippen LogP contribution < -0.4 is 5.56 Å². The van der Waals surface area contributed by atoms with Gasteiger partial charge < -0.3 is 9.47 Å². The summed E-state index contributed by atoms with van der Waals surface area (Å²) in [5.74, 6) is 0.625. The molecule has 9 heteroatoms. The minimum absolute atomic E-state index is 0.0427. The maximum Gasteiger partial charge on any atom is 0.417 e. The molecule has 0 N–H and O–H groups in total. The summed E-state index contributed by atoms with van der Waals surface area (Å²) in [7, 11) is 1.77. The van der Waals surface area contributed by atoms with E-state index in [1.807, 2.05) is 18.2 Å². The maximum absolute atomic E-state index is 14.0. The molecular formula is C29H31F3N4O2. The largest absolute Gasteiger partial charge is 0.417 e. The molecule has 3 aromatic rings. The third-order valence-corrected chi connectivity index (χ3v) is 8.51. The summed E-state index contributed by atoms with van der Waals surface area (Å²) in [5.41, 5.74) is 1.85. The van der Waals surface area contributed by atoms with Crippen LogP contribution in [0.25, 0.3) is 10.9 Å². The zero-order valence-corrected chi connectivity index (χ0v) is 21.4. The van der Waals surface area contributed by atoms with E-state index in [-0.39, 0.29) is 18.0 Å². The van der Waals surface area contributed by atoms with Crippen LogP contribution in [0.1, 0.15) is 48.1 Å². The van der Waals surface area contributed by atoms with Gasteiger partial charge in [0.1, 0.15) is 0 Å². The van der Waals surface area contributed by atoms with Crippen molar-refractivity contribution in [3.63, 3.8) is 0 Å². The minimum atomic E-state index is -4.45. The van der Waals surface area contributed by atoms with Crippen molar-refractivity contribution < 1.29 is 18.0 Å². The predicted octanol–water partition coefficient (Wildman–Crippen LogP) is 4.53. The zero-order valence-electron chi connectivity index (χ0n) is 21.4. The van der Waals surface area contributed by atoms with Crippen LogP contribution in [0.2, 0.25) is 0 Å². The van der Waals surface area contributed by atoms with Crippen molar-refractivity contribution in [2.45, 2.75) is 51.4 Å². The van der Waals surface area contributed by atoms with E-state index in [9.17, 15) is 22.8 Å². The molecular weight excluding hydrogens is 493 g/mol. The highest BCUT2D eigenvalue weighted by Crippen LogP contribution is 2.47. The molecule has 2 aromatic heterocycles. The van der Waals surface area contributed by atoms with Crippen molar-refractivity contribution in [1.29, 1.82) is 0 Å². The number of aromatic nitrogens is 2. The number of amides is 1. The molecule has 0 radical (unpaired) electrons. The van der Waals surface area contributed by atoms with Crippen LogP contribution in [-0.4, -0.2) is 44.9 Å². The number of benzene rings is 1. The minimum Gasteiger partial charge on any atom is -0.337 e. The first-order valence-corrected chi connectivity index (χ1v) is 13.3. The van der Waals surface area contributed by atoms with Gasteiger partial charge in [0.15, 0.2) is 0 Å². The van der Waals surface area contributed by atoms with Gasteiger partial charge in [0.2, 0.25) is 5.91 Å². The van der Waals surface area contributed by atoms with Crippen LogP contribution in [0.5, 0.6) is 0 Å².